The Labute approximate surface area is 127 Å². The van der Waals surface area contributed by atoms with Crippen LogP contribution < -0.4 is 10.2 Å². The van der Waals surface area contributed by atoms with Gasteiger partial charge in [-0.25, -0.2) is 4.98 Å². The van der Waals surface area contributed by atoms with Crippen molar-refractivity contribution in [3.05, 3.63) is 22.8 Å². The molecule has 0 saturated heterocycles. The first kappa shape index (κ1) is 17.2. The van der Waals surface area contributed by atoms with E-state index in [0.29, 0.717) is 6.54 Å². The number of nitrogens with one attached hydrogen (secondary N) is 1. The molecule has 0 bridgehead atoms. The summed E-state index contributed by atoms with van der Waals surface area (Å²) in [4.78, 5) is 6.87. The first-order valence-corrected chi connectivity index (χ1v) is 7.79. The molecule has 0 fully saturated rings. The molecule has 1 N–H and O–H groups in total. The highest BCUT2D eigenvalue weighted by Crippen LogP contribution is 2.19. The highest BCUT2D eigenvalue weighted by atomic mass is 35.5. The molecule has 1 aromatic rings. The van der Waals surface area contributed by atoms with E-state index in [1.807, 2.05) is 19.1 Å². The minimum atomic E-state index is 0.712. The van der Waals surface area contributed by atoms with Gasteiger partial charge in [0.05, 0.1) is 17.3 Å². The van der Waals surface area contributed by atoms with Gasteiger partial charge in [-0.3, -0.25) is 0 Å². The minimum absolute atomic E-state index is 0.712. The number of rotatable bonds is 10. The number of anilines is 1. The van der Waals surface area contributed by atoms with E-state index in [4.69, 9.17) is 16.3 Å². The predicted octanol–water partition coefficient (Wildman–Crippen LogP) is 3.10. The molecule has 0 aliphatic heterocycles. The summed E-state index contributed by atoms with van der Waals surface area (Å²) in [7, 11) is 0. The van der Waals surface area contributed by atoms with Gasteiger partial charge in [-0.2, -0.15) is 0 Å². The monoisotopic (exact) mass is 299 g/mol. The Kier molecular flexibility index (Phi) is 8.58. The van der Waals surface area contributed by atoms with E-state index in [1.54, 1.807) is 0 Å². The van der Waals surface area contributed by atoms with Crippen LogP contribution in [0.1, 0.15) is 32.9 Å². The molecule has 1 aromatic heterocycles. The van der Waals surface area contributed by atoms with E-state index in [-0.39, 0.29) is 0 Å². The second-order valence-electron chi connectivity index (χ2n) is 4.55. The maximum absolute atomic E-state index is 6.20. The lowest BCUT2D eigenvalue weighted by Crippen LogP contribution is -2.28. The third-order valence-electron chi connectivity index (χ3n) is 3.04. The van der Waals surface area contributed by atoms with Crippen molar-refractivity contribution >= 4 is 17.4 Å². The molecule has 4 nitrogen and oxygen atoms in total. The van der Waals surface area contributed by atoms with Gasteiger partial charge in [0, 0.05) is 26.2 Å². The Hall–Kier alpha value is -0.840. The predicted molar refractivity (Wildman–Crippen MR) is 85.6 cm³/mol. The van der Waals surface area contributed by atoms with Crippen LogP contribution in [0.4, 0.5) is 5.82 Å². The second-order valence-corrected chi connectivity index (χ2v) is 4.96. The Morgan fingerprint density at radius 3 is 2.75 bits per heavy atom. The van der Waals surface area contributed by atoms with Crippen LogP contribution in [0.25, 0.3) is 0 Å². The number of aromatic nitrogens is 1. The lowest BCUT2D eigenvalue weighted by Gasteiger charge is -2.22. The average Bonchev–Trinajstić information content (AvgIpc) is 2.46. The quantitative estimate of drug-likeness (QED) is 0.674. The summed E-state index contributed by atoms with van der Waals surface area (Å²) in [6.07, 6.45) is 1.10. The standard InChI is InChI=1S/C15H26ClN3O/c1-4-9-17-12-14-13(16)7-8-15(18-14)19(5-2)10-11-20-6-3/h7-8,17H,4-6,9-12H2,1-3H3. The zero-order chi connectivity index (χ0) is 14.8. The van der Waals surface area contributed by atoms with Gasteiger partial charge in [0.15, 0.2) is 0 Å². The van der Waals surface area contributed by atoms with Gasteiger partial charge in [0.2, 0.25) is 0 Å². The molecule has 0 aromatic carbocycles. The summed E-state index contributed by atoms with van der Waals surface area (Å²) in [6.45, 7) is 11.2. The van der Waals surface area contributed by atoms with Gasteiger partial charge in [0.1, 0.15) is 5.82 Å². The van der Waals surface area contributed by atoms with Crippen LogP contribution in [0.5, 0.6) is 0 Å². The topological polar surface area (TPSA) is 37.4 Å². The molecule has 114 valence electrons. The lowest BCUT2D eigenvalue weighted by molar-refractivity contribution is 0.154. The van der Waals surface area contributed by atoms with Crippen LogP contribution in [0.2, 0.25) is 5.02 Å². The van der Waals surface area contributed by atoms with Gasteiger partial charge < -0.3 is 15.0 Å². The van der Waals surface area contributed by atoms with Crippen molar-refractivity contribution in [2.75, 3.05) is 37.7 Å². The Morgan fingerprint density at radius 1 is 1.30 bits per heavy atom. The van der Waals surface area contributed by atoms with Crippen molar-refractivity contribution in [1.29, 1.82) is 0 Å². The maximum Gasteiger partial charge on any atom is 0.129 e. The van der Waals surface area contributed by atoms with Crippen molar-refractivity contribution in [2.45, 2.75) is 33.7 Å². The number of likely N-dealkylation sites (N-methyl/N-ethyl adjacent to an activating group) is 1. The molecule has 20 heavy (non-hydrogen) atoms. The Bertz CT molecular complexity index is 387. The van der Waals surface area contributed by atoms with E-state index >= 15 is 0 Å². The van der Waals surface area contributed by atoms with E-state index in [1.165, 1.54) is 0 Å². The summed E-state index contributed by atoms with van der Waals surface area (Å²) in [5.41, 5.74) is 0.910. The van der Waals surface area contributed by atoms with Crippen molar-refractivity contribution in [3.8, 4) is 0 Å². The summed E-state index contributed by atoms with van der Waals surface area (Å²) < 4.78 is 5.41. The molecule has 0 saturated carbocycles. The van der Waals surface area contributed by atoms with Gasteiger partial charge in [-0.1, -0.05) is 18.5 Å². The van der Waals surface area contributed by atoms with Crippen LogP contribution in [0.3, 0.4) is 0 Å². The molecule has 0 aliphatic carbocycles. The van der Waals surface area contributed by atoms with Gasteiger partial charge in [0.25, 0.3) is 0 Å². The highest BCUT2D eigenvalue weighted by Gasteiger charge is 2.09. The van der Waals surface area contributed by atoms with E-state index in [9.17, 15) is 0 Å². The highest BCUT2D eigenvalue weighted by molar-refractivity contribution is 6.31. The van der Waals surface area contributed by atoms with E-state index < -0.39 is 0 Å². The SMILES string of the molecule is CCCNCc1nc(N(CC)CCOCC)ccc1Cl. The normalized spacial score (nSPS) is 10.8. The summed E-state index contributed by atoms with van der Waals surface area (Å²) >= 11 is 6.20. The fraction of sp³-hybridized carbons (Fsp3) is 0.667. The van der Waals surface area contributed by atoms with Crippen LogP contribution in [0.15, 0.2) is 12.1 Å². The Balaban J connectivity index is 2.69. The summed E-state index contributed by atoms with van der Waals surface area (Å²) in [6, 6.07) is 3.90. The van der Waals surface area contributed by atoms with Crippen molar-refractivity contribution < 1.29 is 4.74 Å². The smallest absolute Gasteiger partial charge is 0.129 e. The Morgan fingerprint density at radius 2 is 2.10 bits per heavy atom. The molecule has 0 aliphatic rings. The number of nitrogens with zero attached hydrogens (tertiary/aromatic N) is 2. The fourth-order valence-electron chi connectivity index (χ4n) is 1.91. The molecule has 0 spiro atoms. The fourth-order valence-corrected chi connectivity index (χ4v) is 2.08. The van der Waals surface area contributed by atoms with Gasteiger partial charge in [-0.15, -0.1) is 0 Å². The number of hydrogen-bond acceptors (Lipinski definition) is 4. The van der Waals surface area contributed by atoms with Crippen molar-refractivity contribution in [1.82, 2.24) is 10.3 Å². The van der Waals surface area contributed by atoms with E-state index in [2.05, 4.69) is 29.0 Å². The summed E-state index contributed by atoms with van der Waals surface area (Å²) in [5.74, 6) is 0.963. The summed E-state index contributed by atoms with van der Waals surface area (Å²) in [5, 5.41) is 4.06. The first-order chi connectivity index (χ1) is 9.72. The van der Waals surface area contributed by atoms with Crippen LogP contribution in [-0.4, -0.2) is 37.8 Å². The van der Waals surface area contributed by atoms with Gasteiger partial charge in [-0.05, 0) is 38.9 Å². The molecular formula is C15H26ClN3O. The zero-order valence-electron chi connectivity index (χ0n) is 12.8. The number of pyridine rings is 1. The maximum atomic E-state index is 6.20. The molecule has 1 heterocycles. The minimum Gasteiger partial charge on any atom is -0.380 e. The molecule has 0 unspecified atom stereocenters. The molecular weight excluding hydrogens is 274 g/mol. The molecule has 5 heteroatoms. The second kappa shape index (κ2) is 9.97. The van der Waals surface area contributed by atoms with E-state index in [0.717, 1.165) is 55.8 Å². The third-order valence-corrected chi connectivity index (χ3v) is 3.38. The van der Waals surface area contributed by atoms with Crippen molar-refractivity contribution in [3.63, 3.8) is 0 Å². The number of ether oxygens (including phenoxy) is 1. The third kappa shape index (κ3) is 5.65. The average molecular weight is 300 g/mol. The van der Waals surface area contributed by atoms with Gasteiger partial charge >= 0.3 is 0 Å². The number of hydrogen-bond donors (Lipinski definition) is 1. The largest absolute Gasteiger partial charge is 0.380 e. The number of halogens is 1. The van der Waals surface area contributed by atoms with Crippen LogP contribution >= 0.6 is 11.6 Å². The lowest BCUT2D eigenvalue weighted by atomic mass is 10.3. The van der Waals surface area contributed by atoms with Crippen LogP contribution in [-0.2, 0) is 11.3 Å². The molecule has 1 rings (SSSR count). The molecule has 0 amide bonds. The zero-order valence-corrected chi connectivity index (χ0v) is 13.5. The molecule has 0 atom stereocenters. The van der Waals surface area contributed by atoms with Crippen LogP contribution in [0, 0.1) is 0 Å². The van der Waals surface area contributed by atoms with Crippen molar-refractivity contribution in [2.24, 2.45) is 0 Å². The first-order valence-electron chi connectivity index (χ1n) is 7.41. The molecule has 0 radical (unpaired) electrons.